The van der Waals surface area contributed by atoms with Crippen LogP contribution in [0.15, 0.2) is 18.2 Å². The maximum absolute atomic E-state index is 13.1. The van der Waals surface area contributed by atoms with Crippen LogP contribution in [0.3, 0.4) is 0 Å². The second kappa shape index (κ2) is 5.02. The Balaban J connectivity index is 2.07. The Hall–Kier alpha value is -1.13. The molecule has 1 heterocycles. The van der Waals surface area contributed by atoms with Gasteiger partial charge in [0.15, 0.2) is 0 Å². The standard InChI is InChI=1S/C12H14ClFN2O/c1-7-5-15-6-11(7)12(17)16-10-3-8(13)2-9(14)4-10/h2-4,7,11,15H,5-6H2,1H3,(H,16,17). The number of hydrogen-bond donors (Lipinski definition) is 2. The number of carbonyl (C=O) groups is 1. The number of carbonyl (C=O) groups excluding carboxylic acids is 1. The SMILES string of the molecule is CC1CNCC1C(=O)Nc1cc(F)cc(Cl)c1. The molecule has 0 spiro atoms. The summed E-state index contributed by atoms with van der Waals surface area (Å²) in [6.07, 6.45) is 0. The van der Waals surface area contributed by atoms with Gasteiger partial charge < -0.3 is 10.6 Å². The van der Waals surface area contributed by atoms with Gasteiger partial charge in [-0.2, -0.15) is 0 Å². The minimum Gasteiger partial charge on any atom is -0.326 e. The normalized spacial score (nSPS) is 23.7. The van der Waals surface area contributed by atoms with E-state index in [1.54, 1.807) is 0 Å². The number of halogens is 2. The van der Waals surface area contributed by atoms with Gasteiger partial charge in [-0.15, -0.1) is 0 Å². The first-order chi connectivity index (χ1) is 8.06. The first-order valence-electron chi connectivity index (χ1n) is 5.54. The summed E-state index contributed by atoms with van der Waals surface area (Å²) in [5, 5.41) is 6.12. The topological polar surface area (TPSA) is 41.1 Å². The number of amides is 1. The zero-order chi connectivity index (χ0) is 12.4. The van der Waals surface area contributed by atoms with Crippen LogP contribution < -0.4 is 10.6 Å². The van der Waals surface area contributed by atoms with Gasteiger partial charge in [0.1, 0.15) is 5.82 Å². The van der Waals surface area contributed by atoms with Crippen LogP contribution in [-0.4, -0.2) is 19.0 Å². The molecular weight excluding hydrogens is 243 g/mol. The molecule has 1 fully saturated rings. The van der Waals surface area contributed by atoms with Crippen LogP contribution in [0.25, 0.3) is 0 Å². The van der Waals surface area contributed by atoms with Gasteiger partial charge in [-0.1, -0.05) is 18.5 Å². The van der Waals surface area contributed by atoms with Gasteiger partial charge in [-0.05, 0) is 30.7 Å². The van der Waals surface area contributed by atoms with Crippen LogP contribution in [0.5, 0.6) is 0 Å². The monoisotopic (exact) mass is 256 g/mol. The van der Waals surface area contributed by atoms with Crippen molar-refractivity contribution in [2.45, 2.75) is 6.92 Å². The van der Waals surface area contributed by atoms with E-state index in [0.717, 1.165) is 6.54 Å². The maximum atomic E-state index is 13.1. The molecule has 0 bridgehead atoms. The van der Waals surface area contributed by atoms with E-state index in [9.17, 15) is 9.18 Å². The summed E-state index contributed by atoms with van der Waals surface area (Å²) in [6.45, 7) is 3.51. The first-order valence-corrected chi connectivity index (χ1v) is 5.92. The number of nitrogens with one attached hydrogen (secondary N) is 2. The summed E-state index contributed by atoms with van der Waals surface area (Å²) in [5.41, 5.74) is 0.402. The quantitative estimate of drug-likeness (QED) is 0.852. The summed E-state index contributed by atoms with van der Waals surface area (Å²) < 4.78 is 13.1. The predicted octanol–water partition coefficient (Wildman–Crippen LogP) is 2.27. The van der Waals surface area contributed by atoms with Crippen molar-refractivity contribution in [3.63, 3.8) is 0 Å². The van der Waals surface area contributed by atoms with E-state index in [1.165, 1.54) is 18.2 Å². The fourth-order valence-corrected chi connectivity index (χ4v) is 2.24. The molecule has 3 nitrogen and oxygen atoms in total. The highest BCUT2D eigenvalue weighted by molar-refractivity contribution is 6.30. The molecule has 2 N–H and O–H groups in total. The Kier molecular flexibility index (Phi) is 3.64. The van der Waals surface area contributed by atoms with E-state index in [1.807, 2.05) is 6.92 Å². The zero-order valence-electron chi connectivity index (χ0n) is 9.47. The van der Waals surface area contributed by atoms with Gasteiger partial charge in [0.25, 0.3) is 0 Å². The maximum Gasteiger partial charge on any atom is 0.229 e. The fraction of sp³-hybridized carbons (Fsp3) is 0.417. The molecule has 2 unspecified atom stereocenters. The van der Waals surface area contributed by atoms with Crippen molar-refractivity contribution < 1.29 is 9.18 Å². The molecule has 0 aliphatic carbocycles. The highest BCUT2D eigenvalue weighted by Gasteiger charge is 2.29. The Labute approximate surface area is 104 Å². The molecule has 1 aromatic carbocycles. The Morgan fingerprint density at radius 3 is 2.82 bits per heavy atom. The lowest BCUT2D eigenvalue weighted by Crippen LogP contribution is -2.27. The smallest absolute Gasteiger partial charge is 0.229 e. The summed E-state index contributed by atoms with van der Waals surface area (Å²) in [7, 11) is 0. The summed E-state index contributed by atoms with van der Waals surface area (Å²) in [4.78, 5) is 11.9. The molecule has 0 saturated carbocycles. The molecule has 2 rings (SSSR count). The lowest BCUT2D eigenvalue weighted by molar-refractivity contribution is -0.120. The third kappa shape index (κ3) is 2.96. The Bertz CT molecular complexity index is 418. The van der Waals surface area contributed by atoms with Crippen LogP contribution in [0, 0.1) is 17.7 Å². The van der Waals surface area contributed by atoms with Gasteiger partial charge in [0.05, 0.1) is 5.92 Å². The van der Waals surface area contributed by atoms with E-state index in [2.05, 4.69) is 10.6 Å². The first kappa shape index (κ1) is 12.3. The average Bonchev–Trinajstić information content (AvgIpc) is 2.62. The molecular formula is C12H14ClFN2O. The largest absolute Gasteiger partial charge is 0.326 e. The van der Waals surface area contributed by atoms with Crippen molar-refractivity contribution in [1.82, 2.24) is 5.32 Å². The highest BCUT2D eigenvalue weighted by Crippen LogP contribution is 2.21. The number of rotatable bonds is 2. The van der Waals surface area contributed by atoms with Crippen LogP contribution in [0.2, 0.25) is 5.02 Å². The third-order valence-corrected chi connectivity index (χ3v) is 3.20. The second-order valence-corrected chi connectivity index (χ2v) is 4.83. The van der Waals surface area contributed by atoms with Crippen molar-refractivity contribution in [3.8, 4) is 0 Å². The predicted molar refractivity (Wildman–Crippen MR) is 65.6 cm³/mol. The molecule has 1 aliphatic heterocycles. The van der Waals surface area contributed by atoms with Crippen molar-refractivity contribution >= 4 is 23.2 Å². The fourth-order valence-electron chi connectivity index (χ4n) is 2.02. The number of benzene rings is 1. The van der Waals surface area contributed by atoms with Crippen LogP contribution in [-0.2, 0) is 4.79 Å². The zero-order valence-corrected chi connectivity index (χ0v) is 10.2. The van der Waals surface area contributed by atoms with Gasteiger partial charge in [-0.25, -0.2) is 4.39 Å². The third-order valence-electron chi connectivity index (χ3n) is 2.98. The molecule has 17 heavy (non-hydrogen) atoms. The average molecular weight is 257 g/mol. The van der Waals surface area contributed by atoms with E-state index < -0.39 is 5.82 Å². The minimum absolute atomic E-state index is 0.0722. The van der Waals surface area contributed by atoms with Crippen LogP contribution in [0.1, 0.15) is 6.92 Å². The van der Waals surface area contributed by atoms with Crippen molar-refractivity contribution in [2.24, 2.45) is 11.8 Å². The van der Waals surface area contributed by atoms with Crippen molar-refractivity contribution in [1.29, 1.82) is 0 Å². The van der Waals surface area contributed by atoms with Gasteiger partial charge in [0, 0.05) is 17.3 Å². The van der Waals surface area contributed by atoms with E-state index in [0.29, 0.717) is 18.2 Å². The van der Waals surface area contributed by atoms with Gasteiger partial charge in [0.2, 0.25) is 5.91 Å². The Morgan fingerprint density at radius 2 is 2.24 bits per heavy atom. The lowest BCUT2D eigenvalue weighted by atomic mass is 9.97. The molecule has 1 aliphatic rings. The molecule has 1 saturated heterocycles. The van der Waals surface area contributed by atoms with Crippen LogP contribution in [0.4, 0.5) is 10.1 Å². The summed E-state index contributed by atoms with van der Waals surface area (Å²) in [6, 6.07) is 4.00. The van der Waals surface area contributed by atoms with E-state index in [4.69, 9.17) is 11.6 Å². The summed E-state index contributed by atoms with van der Waals surface area (Å²) >= 11 is 5.72. The van der Waals surface area contributed by atoms with Crippen molar-refractivity contribution in [3.05, 3.63) is 29.0 Å². The van der Waals surface area contributed by atoms with E-state index >= 15 is 0 Å². The van der Waals surface area contributed by atoms with E-state index in [-0.39, 0.29) is 16.8 Å². The second-order valence-electron chi connectivity index (χ2n) is 4.39. The molecule has 5 heteroatoms. The minimum atomic E-state index is -0.453. The molecule has 0 radical (unpaired) electrons. The summed E-state index contributed by atoms with van der Waals surface area (Å²) in [5.74, 6) is -0.328. The van der Waals surface area contributed by atoms with Crippen molar-refractivity contribution in [2.75, 3.05) is 18.4 Å². The Morgan fingerprint density at radius 1 is 1.47 bits per heavy atom. The molecule has 92 valence electrons. The number of hydrogen-bond acceptors (Lipinski definition) is 2. The van der Waals surface area contributed by atoms with Crippen LogP contribution >= 0.6 is 11.6 Å². The highest BCUT2D eigenvalue weighted by atomic mass is 35.5. The van der Waals surface area contributed by atoms with Gasteiger partial charge in [-0.3, -0.25) is 4.79 Å². The van der Waals surface area contributed by atoms with Gasteiger partial charge >= 0.3 is 0 Å². The molecule has 1 amide bonds. The molecule has 0 aromatic heterocycles. The molecule has 1 aromatic rings. The lowest BCUT2D eigenvalue weighted by Gasteiger charge is -2.14. The molecule has 2 atom stereocenters. The number of anilines is 1.